The van der Waals surface area contributed by atoms with Crippen LogP contribution in [-0.4, -0.2) is 46.2 Å². The number of aromatic hydroxyl groups is 1. The third-order valence-corrected chi connectivity index (χ3v) is 4.22. The lowest BCUT2D eigenvalue weighted by molar-refractivity contribution is 0.105. The zero-order valence-electron chi connectivity index (χ0n) is 15.7. The summed E-state index contributed by atoms with van der Waals surface area (Å²) in [6.07, 6.45) is -0.877. The van der Waals surface area contributed by atoms with Gasteiger partial charge in [0.2, 0.25) is 0 Å². The minimum Gasteiger partial charge on any atom is -0.508 e. The highest BCUT2D eigenvalue weighted by Crippen LogP contribution is 2.34. The molecule has 0 aliphatic rings. The Morgan fingerprint density at radius 1 is 1.04 bits per heavy atom. The smallest absolute Gasteiger partial charge is 0.127 e. The molecule has 3 rings (SSSR count). The van der Waals surface area contributed by atoms with Crippen LogP contribution in [0.3, 0.4) is 0 Å². The number of nitrogens with one attached hydrogen (secondary N) is 1. The van der Waals surface area contributed by atoms with E-state index < -0.39 is 6.10 Å². The maximum atomic E-state index is 9.65. The first-order valence-electron chi connectivity index (χ1n) is 9.17. The highest BCUT2D eigenvalue weighted by atomic mass is 16.5. The average Bonchev–Trinajstić information content (AvgIpc) is 2.73. The molecule has 1 heterocycles. The van der Waals surface area contributed by atoms with Crippen LogP contribution in [0.2, 0.25) is 0 Å². The molecule has 0 saturated heterocycles. The number of rotatable bonds is 8. The van der Waals surface area contributed by atoms with E-state index >= 15 is 0 Å². The minimum absolute atomic E-state index is 0.176. The molecule has 0 aliphatic carbocycles. The second kappa shape index (κ2) is 9.21. The van der Waals surface area contributed by atoms with Crippen molar-refractivity contribution in [2.75, 3.05) is 25.1 Å². The highest BCUT2D eigenvalue weighted by molar-refractivity contribution is 5.77. The zero-order chi connectivity index (χ0) is 19.9. The molecule has 4 N–H and O–H groups in total. The van der Waals surface area contributed by atoms with E-state index in [1.165, 1.54) is 0 Å². The van der Waals surface area contributed by atoms with Crippen LogP contribution in [-0.2, 0) is 0 Å². The molecule has 0 bridgehead atoms. The topological polar surface area (TPSA) is 94.8 Å². The summed E-state index contributed by atoms with van der Waals surface area (Å²) in [6, 6.07) is 18.4. The van der Waals surface area contributed by atoms with Gasteiger partial charge in [0.15, 0.2) is 0 Å². The van der Waals surface area contributed by atoms with Crippen LogP contribution in [0, 0.1) is 0 Å². The molecule has 1 aromatic heterocycles. The summed E-state index contributed by atoms with van der Waals surface area (Å²) in [6.45, 7) is 2.34. The van der Waals surface area contributed by atoms with Crippen LogP contribution >= 0.6 is 0 Å². The van der Waals surface area contributed by atoms with Crippen LogP contribution in [0.25, 0.3) is 22.4 Å². The molecule has 6 heteroatoms. The SMILES string of the molecule is CCOc1ccccc1-c1cc(NCC(O)CO)nc(-c2ccc(O)cc2)c1. The van der Waals surface area contributed by atoms with E-state index in [1.54, 1.807) is 24.3 Å². The van der Waals surface area contributed by atoms with Crippen molar-refractivity contribution in [2.24, 2.45) is 0 Å². The summed E-state index contributed by atoms with van der Waals surface area (Å²) in [5.74, 6) is 1.53. The predicted octanol–water partition coefficient (Wildman–Crippen LogP) is 3.29. The molecule has 1 atom stereocenters. The quantitative estimate of drug-likeness (QED) is 0.479. The molecule has 146 valence electrons. The number of aliphatic hydroxyl groups excluding tert-OH is 2. The average molecular weight is 380 g/mol. The maximum absolute atomic E-state index is 9.65. The number of phenols is 1. The van der Waals surface area contributed by atoms with E-state index in [1.807, 2.05) is 43.3 Å². The molecule has 0 aliphatic heterocycles. The van der Waals surface area contributed by atoms with Crippen molar-refractivity contribution in [1.82, 2.24) is 4.98 Å². The second-order valence-corrected chi connectivity index (χ2v) is 6.32. The van der Waals surface area contributed by atoms with Crippen molar-refractivity contribution in [1.29, 1.82) is 0 Å². The van der Waals surface area contributed by atoms with Gasteiger partial charge in [0.05, 0.1) is 25.0 Å². The van der Waals surface area contributed by atoms with Crippen LogP contribution in [0.15, 0.2) is 60.7 Å². The standard InChI is InChI=1S/C22H24N2O4/c1-2-28-21-6-4-3-5-19(21)16-11-20(15-7-9-17(26)10-8-15)24-22(12-16)23-13-18(27)14-25/h3-12,18,25-27H,2,13-14H2,1H3,(H,23,24). The molecular formula is C22H24N2O4. The number of hydrogen-bond donors (Lipinski definition) is 4. The fourth-order valence-electron chi connectivity index (χ4n) is 2.83. The maximum Gasteiger partial charge on any atom is 0.127 e. The number of nitrogens with zero attached hydrogens (tertiary/aromatic N) is 1. The third-order valence-electron chi connectivity index (χ3n) is 4.22. The second-order valence-electron chi connectivity index (χ2n) is 6.32. The number of hydrogen-bond acceptors (Lipinski definition) is 6. The lowest BCUT2D eigenvalue weighted by Gasteiger charge is -2.15. The van der Waals surface area contributed by atoms with Crippen molar-refractivity contribution in [3.63, 3.8) is 0 Å². The first-order chi connectivity index (χ1) is 13.6. The van der Waals surface area contributed by atoms with Gasteiger partial charge >= 0.3 is 0 Å². The minimum atomic E-state index is -0.877. The normalized spacial score (nSPS) is 11.8. The van der Waals surface area contributed by atoms with Gasteiger partial charge in [0.25, 0.3) is 0 Å². The molecular weight excluding hydrogens is 356 g/mol. The summed E-state index contributed by atoms with van der Waals surface area (Å²) in [5, 5.41) is 31.3. The Balaban J connectivity index is 2.06. The summed E-state index contributed by atoms with van der Waals surface area (Å²) in [5.41, 5.74) is 3.39. The third kappa shape index (κ3) is 4.79. The van der Waals surface area contributed by atoms with Crippen molar-refractivity contribution >= 4 is 5.82 Å². The van der Waals surface area contributed by atoms with Gasteiger partial charge in [-0.05, 0) is 55.0 Å². The molecule has 6 nitrogen and oxygen atoms in total. The fourth-order valence-corrected chi connectivity index (χ4v) is 2.83. The molecule has 0 amide bonds. The Hall–Kier alpha value is -3.09. The van der Waals surface area contributed by atoms with E-state index in [2.05, 4.69) is 10.3 Å². The van der Waals surface area contributed by atoms with Gasteiger partial charge in [-0.15, -0.1) is 0 Å². The lowest BCUT2D eigenvalue weighted by atomic mass is 10.0. The summed E-state index contributed by atoms with van der Waals surface area (Å²) < 4.78 is 5.76. The Morgan fingerprint density at radius 3 is 2.50 bits per heavy atom. The molecule has 1 unspecified atom stereocenters. The number of anilines is 1. The van der Waals surface area contributed by atoms with Gasteiger partial charge < -0.3 is 25.4 Å². The van der Waals surface area contributed by atoms with E-state index in [9.17, 15) is 10.2 Å². The first-order valence-corrected chi connectivity index (χ1v) is 9.17. The van der Waals surface area contributed by atoms with E-state index in [0.29, 0.717) is 18.1 Å². The fraction of sp³-hybridized carbons (Fsp3) is 0.227. The number of pyridine rings is 1. The van der Waals surface area contributed by atoms with Gasteiger partial charge in [-0.3, -0.25) is 0 Å². The van der Waals surface area contributed by atoms with Crippen LogP contribution in [0.1, 0.15) is 6.92 Å². The number of para-hydroxylation sites is 1. The van der Waals surface area contributed by atoms with Gasteiger partial charge in [0.1, 0.15) is 17.3 Å². The Kier molecular flexibility index (Phi) is 6.47. The molecule has 0 radical (unpaired) electrons. The van der Waals surface area contributed by atoms with Crippen LogP contribution in [0.5, 0.6) is 11.5 Å². The highest BCUT2D eigenvalue weighted by Gasteiger charge is 2.12. The monoisotopic (exact) mass is 380 g/mol. The summed E-state index contributed by atoms with van der Waals surface area (Å²) in [4.78, 5) is 4.61. The van der Waals surface area contributed by atoms with Gasteiger partial charge in [-0.2, -0.15) is 0 Å². The Labute approximate surface area is 164 Å². The number of aromatic nitrogens is 1. The van der Waals surface area contributed by atoms with E-state index in [0.717, 1.165) is 22.4 Å². The molecule has 0 spiro atoms. The number of ether oxygens (including phenoxy) is 1. The van der Waals surface area contributed by atoms with Crippen LogP contribution in [0.4, 0.5) is 5.82 Å². The van der Waals surface area contributed by atoms with Crippen molar-refractivity contribution in [3.8, 4) is 33.9 Å². The molecule has 2 aromatic carbocycles. The first kappa shape index (κ1) is 19.7. The molecule has 0 saturated carbocycles. The zero-order valence-corrected chi connectivity index (χ0v) is 15.7. The summed E-state index contributed by atoms with van der Waals surface area (Å²) in [7, 11) is 0. The van der Waals surface area contributed by atoms with Crippen molar-refractivity contribution in [3.05, 3.63) is 60.7 Å². The van der Waals surface area contributed by atoms with Crippen molar-refractivity contribution in [2.45, 2.75) is 13.0 Å². The Morgan fingerprint density at radius 2 is 1.79 bits per heavy atom. The lowest BCUT2D eigenvalue weighted by Crippen LogP contribution is -2.23. The molecule has 28 heavy (non-hydrogen) atoms. The van der Waals surface area contributed by atoms with E-state index in [4.69, 9.17) is 9.84 Å². The summed E-state index contributed by atoms with van der Waals surface area (Å²) >= 11 is 0. The number of benzene rings is 2. The van der Waals surface area contributed by atoms with Gasteiger partial charge in [0, 0.05) is 17.7 Å². The van der Waals surface area contributed by atoms with Gasteiger partial charge in [-0.1, -0.05) is 18.2 Å². The Bertz CT molecular complexity index is 913. The van der Waals surface area contributed by atoms with Gasteiger partial charge in [-0.25, -0.2) is 4.98 Å². The largest absolute Gasteiger partial charge is 0.508 e. The van der Waals surface area contributed by atoms with E-state index in [-0.39, 0.29) is 18.9 Å². The molecule has 3 aromatic rings. The van der Waals surface area contributed by atoms with Crippen LogP contribution < -0.4 is 10.1 Å². The number of phenolic OH excluding ortho intramolecular Hbond substituents is 1. The molecule has 0 fully saturated rings. The number of aliphatic hydroxyl groups is 2. The predicted molar refractivity (Wildman–Crippen MR) is 110 cm³/mol. The van der Waals surface area contributed by atoms with Crippen molar-refractivity contribution < 1.29 is 20.1 Å².